The summed E-state index contributed by atoms with van der Waals surface area (Å²) in [4.78, 5) is 29.7. The molecule has 4 N–H and O–H groups in total. The first kappa shape index (κ1) is 26.6. The molecule has 2 aromatic rings. The van der Waals surface area contributed by atoms with Gasteiger partial charge in [-0.15, -0.1) is 0 Å². The molecule has 10 nitrogen and oxygen atoms in total. The van der Waals surface area contributed by atoms with Crippen LogP contribution >= 0.6 is 0 Å². The van der Waals surface area contributed by atoms with E-state index in [0.29, 0.717) is 49.8 Å². The summed E-state index contributed by atoms with van der Waals surface area (Å²) in [6.45, 7) is 4.98. The summed E-state index contributed by atoms with van der Waals surface area (Å²) in [5.41, 5.74) is 7.59. The maximum atomic E-state index is 14.9. The van der Waals surface area contributed by atoms with Gasteiger partial charge in [0.2, 0.25) is 0 Å². The van der Waals surface area contributed by atoms with E-state index in [2.05, 4.69) is 10.6 Å². The molecular formula is C26H35FN6O4. The Labute approximate surface area is 216 Å². The van der Waals surface area contributed by atoms with Crippen molar-refractivity contribution in [3.63, 3.8) is 0 Å². The number of likely N-dealkylation sites (N-methyl/N-ethyl adjacent to an activating group) is 1. The van der Waals surface area contributed by atoms with E-state index in [1.807, 2.05) is 36.2 Å². The van der Waals surface area contributed by atoms with E-state index in [0.717, 1.165) is 25.2 Å². The number of anilines is 2. The molecule has 0 unspecified atom stereocenters. The van der Waals surface area contributed by atoms with Gasteiger partial charge in [0.25, 0.3) is 5.91 Å². The number of ether oxygens (including phenoxy) is 2. The van der Waals surface area contributed by atoms with Crippen molar-refractivity contribution in [1.82, 2.24) is 15.5 Å². The lowest BCUT2D eigenvalue weighted by atomic mass is 10.2. The molecule has 0 aromatic heterocycles. The topological polar surface area (TPSA) is 112 Å². The van der Waals surface area contributed by atoms with Gasteiger partial charge >= 0.3 is 6.09 Å². The van der Waals surface area contributed by atoms with Crippen LogP contribution in [0.1, 0.15) is 5.56 Å². The van der Waals surface area contributed by atoms with Gasteiger partial charge < -0.3 is 35.6 Å². The van der Waals surface area contributed by atoms with Crippen LogP contribution in [0.25, 0.3) is 0 Å². The van der Waals surface area contributed by atoms with Crippen LogP contribution in [0.15, 0.2) is 42.5 Å². The molecule has 200 valence electrons. The zero-order chi connectivity index (χ0) is 26.2. The molecule has 2 aliphatic heterocycles. The third-order valence-electron chi connectivity index (χ3n) is 6.52. The first-order valence-electron chi connectivity index (χ1n) is 12.6. The smallest absolute Gasteiger partial charge is 0.414 e. The number of carbonyl (C=O) groups is 2. The molecule has 2 heterocycles. The van der Waals surface area contributed by atoms with Crippen LogP contribution in [0.4, 0.5) is 20.6 Å². The van der Waals surface area contributed by atoms with Crippen molar-refractivity contribution in [2.24, 2.45) is 5.73 Å². The van der Waals surface area contributed by atoms with Crippen LogP contribution in [0.5, 0.6) is 5.75 Å². The van der Waals surface area contributed by atoms with Crippen LogP contribution in [0, 0.1) is 5.82 Å². The fraction of sp³-hybridized carbons (Fsp3) is 0.462. The number of hydrogen-bond acceptors (Lipinski definition) is 8. The second-order valence-electron chi connectivity index (χ2n) is 9.07. The van der Waals surface area contributed by atoms with Crippen LogP contribution in [-0.4, -0.2) is 89.0 Å². The van der Waals surface area contributed by atoms with Gasteiger partial charge in [-0.1, -0.05) is 12.1 Å². The molecule has 0 bridgehead atoms. The molecule has 0 saturated carbocycles. The number of nitrogens with two attached hydrogens (primary N) is 1. The number of nitrogens with zero attached hydrogens (tertiary/aromatic N) is 3. The molecule has 1 atom stereocenters. The van der Waals surface area contributed by atoms with E-state index in [4.69, 9.17) is 15.2 Å². The molecule has 0 aliphatic carbocycles. The number of hydrogen-bond donors (Lipinski definition) is 3. The van der Waals surface area contributed by atoms with Crippen molar-refractivity contribution in [2.75, 3.05) is 75.8 Å². The van der Waals surface area contributed by atoms with Gasteiger partial charge in [-0.25, -0.2) is 9.18 Å². The summed E-state index contributed by atoms with van der Waals surface area (Å²) in [5, 5.41) is 6.43. The Balaban J connectivity index is 1.23. The van der Waals surface area contributed by atoms with E-state index in [1.54, 1.807) is 17.0 Å². The molecule has 0 spiro atoms. The van der Waals surface area contributed by atoms with Crippen molar-refractivity contribution < 1.29 is 23.5 Å². The van der Waals surface area contributed by atoms with Gasteiger partial charge in [-0.3, -0.25) is 9.69 Å². The third kappa shape index (κ3) is 6.88. The second kappa shape index (κ2) is 12.7. The zero-order valence-electron chi connectivity index (χ0n) is 21.1. The van der Waals surface area contributed by atoms with E-state index in [1.165, 1.54) is 11.0 Å². The predicted molar refractivity (Wildman–Crippen MR) is 139 cm³/mol. The Morgan fingerprint density at radius 2 is 1.89 bits per heavy atom. The monoisotopic (exact) mass is 514 g/mol. The molecule has 2 saturated heterocycles. The number of halogens is 1. The van der Waals surface area contributed by atoms with E-state index in [9.17, 15) is 14.0 Å². The number of cyclic esters (lactones) is 1. The molecule has 37 heavy (non-hydrogen) atoms. The summed E-state index contributed by atoms with van der Waals surface area (Å²) in [7, 11) is 1.92. The first-order valence-corrected chi connectivity index (χ1v) is 12.6. The average Bonchev–Trinajstić information content (AvgIpc) is 3.31. The fourth-order valence-electron chi connectivity index (χ4n) is 4.36. The summed E-state index contributed by atoms with van der Waals surface area (Å²) < 4.78 is 25.8. The van der Waals surface area contributed by atoms with Gasteiger partial charge in [0.1, 0.15) is 17.7 Å². The number of piperazine rings is 1. The Kier molecular flexibility index (Phi) is 9.15. The number of nitrogens with one attached hydrogen (secondary N) is 2. The summed E-state index contributed by atoms with van der Waals surface area (Å²) in [5.74, 6) is 0.119. The van der Waals surface area contributed by atoms with Crippen molar-refractivity contribution in [3.8, 4) is 5.75 Å². The predicted octanol–water partition coefficient (Wildman–Crippen LogP) is 1.15. The summed E-state index contributed by atoms with van der Waals surface area (Å²) >= 11 is 0. The lowest BCUT2D eigenvalue weighted by Crippen LogP contribution is -2.50. The molecule has 2 aliphatic rings. The van der Waals surface area contributed by atoms with Crippen LogP contribution in [0.2, 0.25) is 0 Å². The maximum Gasteiger partial charge on any atom is 0.414 e. The highest BCUT2D eigenvalue weighted by molar-refractivity contribution is 5.90. The van der Waals surface area contributed by atoms with Crippen LogP contribution < -0.4 is 30.9 Å². The van der Waals surface area contributed by atoms with Gasteiger partial charge in [-0.2, -0.15) is 0 Å². The SMILES string of the molecule is CNCCNCc1ccc(OCC(=O)N2CCN(c3ccc(N4C[C@H](CN)OC4=O)cc3F)CC2)cc1. The highest BCUT2D eigenvalue weighted by atomic mass is 19.1. The minimum atomic E-state index is -0.523. The Morgan fingerprint density at radius 3 is 2.54 bits per heavy atom. The van der Waals surface area contributed by atoms with Crippen molar-refractivity contribution >= 4 is 23.4 Å². The molecule has 11 heteroatoms. The van der Waals surface area contributed by atoms with E-state index in [-0.39, 0.29) is 25.2 Å². The van der Waals surface area contributed by atoms with E-state index < -0.39 is 11.9 Å². The number of rotatable bonds is 11. The maximum absolute atomic E-state index is 14.9. The number of amides is 2. The highest BCUT2D eigenvalue weighted by Gasteiger charge is 2.32. The average molecular weight is 515 g/mol. The lowest BCUT2D eigenvalue weighted by molar-refractivity contribution is -0.133. The molecule has 2 aromatic carbocycles. The van der Waals surface area contributed by atoms with Crippen LogP contribution in [0.3, 0.4) is 0 Å². The minimum absolute atomic E-state index is 0.0431. The van der Waals surface area contributed by atoms with Crippen molar-refractivity contribution in [2.45, 2.75) is 12.6 Å². The lowest BCUT2D eigenvalue weighted by Gasteiger charge is -2.36. The highest BCUT2D eigenvalue weighted by Crippen LogP contribution is 2.28. The molecule has 0 radical (unpaired) electrons. The van der Waals surface area contributed by atoms with Crippen molar-refractivity contribution in [1.29, 1.82) is 0 Å². The van der Waals surface area contributed by atoms with Gasteiger partial charge in [0.05, 0.1) is 17.9 Å². The Morgan fingerprint density at radius 1 is 1.14 bits per heavy atom. The standard InChI is InChI=1S/C26H35FN6O4/c1-29-8-9-30-16-19-2-5-21(6-3-19)36-18-25(34)32-12-10-31(11-13-32)24-7-4-20(14-23(24)27)33-17-22(15-28)37-26(33)35/h2-7,14,22,29-30H,8-13,15-18,28H2,1H3/t22-/m0/s1. The van der Waals surface area contributed by atoms with Gasteiger partial charge in [0.15, 0.2) is 6.61 Å². The summed E-state index contributed by atoms with van der Waals surface area (Å²) in [6, 6.07) is 12.4. The Hall–Kier alpha value is -3.41. The molecule has 4 rings (SSSR count). The number of carbonyl (C=O) groups excluding carboxylic acids is 2. The fourth-order valence-corrected chi connectivity index (χ4v) is 4.36. The minimum Gasteiger partial charge on any atom is -0.484 e. The first-order chi connectivity index (χ1) is 18.0. The summed E-state index contributed by atoms with van der Waals surface area (Å²) in [6.07, 6.45) is -0.912. The molecule has 2 amide bonds. The normalized spacial score (nSPS) is 17.8. The molecule has 2 fully saturated rings. The quantitative estimate of drug-likeness (QED) is 0.383. The Bertz CT molecular complexity index is 1060. The van der Waals surface area contributed by atoms with Gasteiger partial charge in [-0.05, 0) is 42.9 Å². The number of benzene rings is 2. The molecular weight excluding hydrogens is 479 g/mol. The van der Waals surface area contributed by atoms with Gasteiger partial charge in [0, 0.05) is 52.4 Å². The third-order valence-corrected chi connectivity index (χ3v) is 6.52. The van der Waals surface area contributed by atoms with Crippen molar-refractivity contribution in [3.05, 3.63) is 53.8 Å². The van der Waals surface area contributed by atoms with Crippen LogP contribution in [-0.2, 0) is 16.1 Å². The zero-order valence-corrected chi connectivity index (χ0v) is 21.1. The second-order valence-corrected chi connectivity index (χ2v) is 9.07. The largest absolute Gasteiger partial charge is 0.484 e. The van der Waals surface area contributed by atoms with E-state index >= 15 is 0 Å².